The predicted molar refractivity (Wildman–Crippen MR) is 126 cm³/mol. The summed E-state index contributed by atoms with van der Waals surface area (Å²) in [5, 5.41) is 17.6. The molecule has 11 nitrogen and oxygen atoms in total. The molecule has 0 heterocycles. The first-order valence-corrected chi connectivity index (χ1v) is 11.5. The van der Waals surface area contributed by atoms with E-state index in [2.05, 4.69) is 5.32 Å². The van der Waals surface area contributed by atoms with Gasteiger partial charge in [0, 0.05) is 26.3 Å². The summed E-state index contributed by atoms with van der Waals surface area (Å²) < 4.78 is 31.3. The summed E-state index contributed by atoms with van der Waals surface area (Å²) in [5.74, 6) is -3.14. The van der Waals surface area contributed by atoms with Crippen LogP contribution in [0, 0.1) is 0 Å². The fourth-order valence-corrected chi connectivity index (χ4v) is 3.73. The maximum atomic E-state index is 12.3. The van der Waals surface area contributed by atoms with E-state index in [1.807, 2.05) is 35.2 Å². The van der Waals surface area contributed by atoms with Gasteiger partial charge in [-0.2, -0.15) is 0 Å². The number of rotatable bonds is 9. The third-order valence-electron chi connectivity index (χ3n) is 4.06. The standard InChI is InChI=1S/C19H24ClN3O4S.C2H2O4/c1-22(2)28(25,26)18-13-15(9-10-17(18)20)21-19(24)14-23(3)11-12-27-16-7-5-4-6-8-16;3-1(4)2(5)6/h4-10,13H,11-12,14H2,1-3H3,(H,21,24);(H,3,4)(H,5,6). The minimum atomic E-state index is -3.70. The van der Waals surface area contributed by atoms with Gasteiger partial charge in [-0.05, 0) is 37.4 Å². The molecule has 13 heteroatoms. The second-order valence-electron chi connectivity index (χ2n) is 6.99. The van der Waals surface area contributed by atoms with Crippen LogP contribution in [0.4, 0.5) is 5.69 Å². The number of halogens is 1. The molecule has 0 aliphatic carbocycles. The van der Waals surface area contributed by atoms with Crippen LogP contribution in [0.1, 0.15) is 0 Å². The zero-order chi connectivity index (χ0) is 25.9. The van der Waals surface area contributed by atoms with Crippen LogP contribution in [0.3, 0.4) is 0 Å². The van der Waals surface area contributed by atoms with Gasteiger partial charge in [-0.15, -0.1) is 0 Å². The molecule has 0 aliphatic heterocycles. The number of ether oxygens (including phenoxy) is 1. The Morgan fingerprint density at radius 1 is 1.00 bits per heavy atom. The predicted octanol–water partition coefficient (Wildman–Crippen LogP) is 1.70. The van der Waals surface area contributed by atoms with Crippen LogP contribution in [0.25, 0.3) is 0 Å². The van der Waals surface area contributed by atoms with Crippen LogP contribution in [0.5, 0.6) is 5.75 Å². The SMILES string of the molecule is CN(CCOc1ccccc1)CC(=O)Nc1ccc(Cl)c(S(=O)(=O)N(C)C)c1.O=C(O)C(=O)O. The number of nitrogens with zero attached hydrogens (tertiary/aromatic N) is 2. The molecule has 0 radical (unpaired) electrons. The highest BCUT2D eigenvalue weighted by Gasteiger charge is 2.21. The Kier molecular flexibility index (Phi) is 11.5. The van der Waals surface area contributed by atoms with Crippen molar-refractivity contribution in [1.29, 1.82) is 0 Å². The number of anilines is 1. The summed E-state index contributed by atoms with van der Waals surface area (Å²) in [7, 11) is 0.939. The van der Waals surface area contributed by atoms with Gasteiger partial charge >= 0.3 is 11.9 Å². The topological polar surface area (TPSA) is 154 Å². The van der Waals surface area contributed by atoms with Gasteiger partial charge in [0.15, 0.2) is 0 Å². The number of carboxylic acid groups (broad SMARTS) is 2. The fraction of sp³-hybridized carbons (Fsp3) is 0.286. The van der Waals surface area contributed by atoms with E-state index in [0.29, 0.717) is 18.8 Å². The number of nitrogens with one attached hydrogen (secondary N) is 1. The number of carbonyl (C=O) groups excluding carboxylic acids is 1. The van der Waals surface area contributed by atoms with Crippen molar-refractivity contribution >= 4 is 45.2 Å². The van der Waals surface area contributed by atoms with Crippen LogP contribution in [-0.4, -0.2) is 86.5 Å². The zero-order valence-corrected chi connectivity index (χ0v) is 20.3. The van der Waals surface area contributed by atoms with E-state index in [-0.39, 0.29) is 22.4 Å². The van der Waals surface area contributed by atoms with Crippen molar-refractivity contribution < 1.29 is 37.8 Å². The number of sulfonamides is 1. The van der Waals surface area contributed by atoms with Gasteiger partial charge in [0.05, 0.1) is 11.6 Å². The Bertz CT molecular complexity index is 1080. The highest BCUT2D eigenvalue weighted by atomic mass is 35.5. The first-order chi connectivity index (χ1) is 15.8. The Hall–Kier alpha value is -3.19. The summed E-state index contributed by atoms with van der Waals surface area (Å²) in [6.45, 7) is 1.14. The van der Waals surface area contributed by atoms with Crippen molar-refractivity contribution in [2.24, 2.45) is 0 Å². The van der Waals surface area contributed by atoms with Gasteiger partial charge in [0.25, 0.3) is 0 Å². The van der Waals surface area contributed by atoms with E-state index in [1.54, 1.807) is 13.1 Å². The van der Waals surface area contributed by atoms with E-state index in [1.165, 1.54) is 26.2 Å². The number of benzene rings is 2. The van der Waals surface area contributed by atoms with Crippen molar-refractivity contribution in [3.8, 4) is 5.75 Å². The van der Waals surface area contributed by atoms with Crippen LogP contribution in [0.15, 0.2) is 53.4 Å². The average molecular weight is 516 g/mol. The smallest absolute Gasteiger partial charge is 0.414 e. The summed E-state index contributed by atoms with van der Waals surface area (Å²) in [6.07, 6.45) is 0. The largest absolute Gasteiger partial charge is 0.492 e. The number of amides is 1. The quantitative estimate of drug-likeness (QED) is 0.423. The number of hydrogen-bond donors (Lipinski definition) is 3. The highest BCUT2D eigenvalue weighted by molar-refractivity contribution is 7.89. The second-order valence-corrected chi connectivity index (χ2v) is 9.52. The van der Waals surface area contributed by atoms with Crippen LogP contribution in [-0.2, 0) is 24.4 Å². The molecule has 0 unspecified atom stereocenters. The first kappa shape index (κ1) is 28.8. The molecular formula is C21H26ClN3O8S. The van der Waals surface area contributed by atoms with Crippen LogP contribution >= 0.6 is 11.6 Å². The van der Waals surface area contributed by atoms with E-state index >= 15 is 0 Å². The molecule has 2 aromatic rings. The van der Waals surface area contributed by atoms with E-state index in [9.17, 15) is 13.2 Å². The maximum absolute atomic E-state index is 12.3. The number of carbonyl (C=O) groups is 3. The van der Waals surface area contributed by atoms with Crippen LogP contribution in [0.2, 0.25) is 5.02 Å². The van der Waals surface area contributed by atoms with E-state index < -0.39 is 22.0 Å². The Labute approximate surface area is 202 Å². The molecule has 0 atom stereocenters. The minimum Gasteiger partial charge on any atom is -0.492 e. The molecule has 186 valence electrons. The van der Waals surface area contributed by atoms with Crippen LogP contribution < -0.4 is 10.1 Å². The number of likely N-dealkylation sites (N-methyl/N-ethyl adjacent to an activating group) is 1. The van der Waals surface area contributed by atoms with Crippen molar-refractivity contribution in [3.05, 3.63) is 53.6 Å². The highest BCUT2D eigenvalue weighted by Crippen LogP contribution is 2.26. The molecule has 34 heavy (non-hydrogen) atoms. The summed E-state index contributed by atoms with van der Waals surface area (Å²) in [4.78, 5) is 32.2. The lowest BCUT2D eigenvalue weighted by Gasteiger charge is -2.17. The number of hydrogen-bond acceptors (Lipinski definition) is 7. The van der Waals surface area contributed by atoms with Gasteiger partial charge in [-0.25, -0.2) is 22.3 Å². The summed E-state index contributed by atoms with van der Waals surface area (Å²) in [5.41, 5.74) is 0.365. The zero-order valence-electron chi connectivity index (χ0n) is 18.8. The molecule has 0 aliphatic rings. The molecular weight excluding hydrogens is 490 g/mol. The molecule has 2 rings (SSSR count). The van der Waals surface area contributed by atoms with Gasteiger partial charge in [0.2, 0.25) is 15.9 Å². The lowest BCUT2D eigenvalue weighted by molar-refractivity contribution is -0.159. The fourth-order valence-electron chi connectivity index (χ4n) is 2.34. The third-order valence-corrected chi connectivity index (χ3v) is 6.35. The van der Waals surface area contributed by atoms with Gasteiger partial charge in [-0.3, -0.25) is 9.69 Å². The maximum Gasteiger partial charge on any atom is 0.414 e. The lowest BCUT2D eigenvalue weighted by Crippen LogP contribution is -2.33. The first-order valence-electron chi connectivity index (χ1n) is 9.69. The molecule has 3 N–H and O–H groups in total. The van der Waals surface area contributed by atoms with Gasteiger partial charge < -0.3 is 20.3 Å². The lowest BCUT2D eigenvalue weighted by atomic mass is 10.3. The molecule has 1 amide bonds. The molecule has 0 aromatic heterocycles. The number of para-hydroxylation sites is 1. The Morgan fingerprint density at radius 2 is 1.59 bits per heavy atom. The molecule has 2 aromatic carbocycles. The molecule has 0 spiro atoms. The van der Waals surface area contributed by atoms with Gasteiger partial charge in [0.1, 0.15) is 17.3 Å². The van der Waals surface area contributed by atoms with Crippen molar-refractivity contribution in [2.45, 2.75) is 4.90 Å². The second kappa shape index (κ2) is 13.5. The summed E-state index contributed by atoms with van der Waals surface area (Å²) in [6, 6.07) is 13.8. The van der Waals surface area contributed by atoms with E-state index in [4.69, 9.17) is 36.1 Å². The van der Waals surface area contributed by atoms with E-state index in [0.717, 1.165) is 10.1 Å². The molecule has 0 saturated heterocycles. The Morgan fingerprint density at radius 3 is 2.12 bits per heavy atom. The number of carboxylic acids is 2. The molecule has 0 fully saturated rings. The molecule has 0 bridgehead atoms. The van der Waals surface area contributed by atoms with Crippen molar-refractivity contribution in [1.82, 2.24) is 9.21 Å². The minimum absolute atomic E-state index is 0.0541. The normalized spacial score (nSPS) is 10.9. The summed E-state index contributed by atoms with van der Waals surface area (Å²) >= 11 is 6.01. The monoisotopic (exact) mass is 515 g/mol. The molecule has 0 saturated carbocycles. The van der Waals surface area contributed by atoms with Gasteiger partial charge in [-0.1, -0.05) is 29.8 Å². The average Bonchev–Trinajstić information content (AvgIpc) is 2.75. The van der Waals surface area contributed by atoms with Crippen molar-refractivity contribution in [3.63, 3.8) is 0 Å². The number of aliphatic carboxylic acids is 2. The third kappa shape index (κ3) is 9.75. The Balaban J connectivity index is 0.000000852. The van der Waals surface area contributed by atoms with Crippen molar-refractivity contribution in [2.75, 3.05) is 46.2 Å².